The fraction of sp³-hybridized carbons (Fsp3) is 1.00. The highest BCUT2D eigenvalue weighted by molar-refractivity contribution is 4.82. The maximum Gasteiger partial charge on any atom is 0.248 e. The Morgan fingerprint density at radius 1 is 1.46 bits per heavy atom. The summed E-state index contributed by atoms with van der Waals surface area (Å²) in [7, 11) is 1.59. The molecule has 1 aliphatic carbocycles. The van der Waals surface area contributed by atoms with Gasteiger partial charge in [0.1, 0.15) is 0 Å². The van der Waals surface area contributed by atoms with E-state index >= 15 is 0 Å². The van der Waals surface area contributed by atoms with Gasteiger partial charge in [0.05, 0.1) is 6.10 Å². The van der Waals surface area contributed by atoms with Gasteiger partial charge in [-0.1, -0.05) is 0 Å². The van der Waals surface area contributed by atoms with Crippen LogP contribution in [-0.2, 0) is 4.74 Å². The van der Waals surface area contributed by atoms with E-state index < -0.39 is 5.92 Å². The van der Waals surface area contributed by atoms with E-state index in [-0.39, 0.29) is 24.9 Å². The zero-order chi connectivity index (χ0) is 9.90. The van der Waals surface area contributed by atoms with E-state index in [1.807, 2.05) is 0 Å². The molecule has 2 N–H and O–H groups in total. The molecule has 0 heterocycles. The van der Waals surface area contributed by atoms with Crippen molar-refractivity contribution in [3.8, 4) is 0 Å². The molecule has 0 aliphatic heterocycles. The summed E-state index contributed by atoms with van der Waals surface area (Å²) in [5, 5.41) is 0. The van der Waals surface area contributed by atoms with Gasteiger partial charge < -0.3 is 10.5 Å². The number of alkyl halides is 2. The van der Waals surface area contributed by atoms with Crippen molar-refractivity contribution in [2.75, 3.05) is 13.7 Å². The molecule has 0 amide bonds. The molecule has 1 saturated carbocycles. The van der Waals surface area contributed by atoms with Crippen molar-refractivity contribution < 1.29 is 13.5 Å². The predicted octanol–water partition coefficient (Wildman–Crippen LogP) is 1.79. The first-order chi connectivity index (χ1) is 6.09. The summed E-state index contributed by atoms with van der Waals surface area (Å²) in [5.41, 5.74) is 5.47. The smallest absolute Gasteiger partial charge is 0.248 e. The van der Waals surface area contributed by atoms with Gasteiger partial charge in [0.2, 0.25) is 5.92 Å². The predicted molar refractivity (Wildman–Crippen MR) is 46.8 cm³/mol. The van der Waals surface area contributed by atoms with Crippen LogP contribution >= 0.6 is 0 Å². The molecule has 78 valence electrons. The van der Waals surface area contributed by atoms with Gasteiger partial charge in [-0.25, -0.2) is 8.78 Å². The Balaban J connectivity index is 2.39. The number of rotatable bonds is 3. The van der Waals surface area contributed by atoms with E-state index in [4.69, 9.17) is 10.5 Å². The molecular weight excluding hydrogens is 176 g/mol. The van der Waals surface area contributed by atoms with Gasteiger partial charge in [-0.05, 0) is 18.8 Å². The molecule has 1 fully saturated rings. The molecule has 13 heavy (non-hydrogen) atoms. The van der Waals surface area contributed by atoms with Gasteiger partial charge in [0.15, 0.2) is 0 Å². The number of ether oxygens (including phenoxy) is 1. The minimum atomic E-state index is -2.45. The van der Waals surface area contributed by atoms with Crippen molar-refractivity contribution in [3.05, 3.63) is 0 Å². The number of hydrogen-bond acceptors (Lipinski definition) is 2. The molecule has 1 unspecified atom stereocenters. The number of nitrogens with two attached hydrogens (primary N) is 1. The van der Waals surface area contributed by atoms with Crippen LogP contribution in [0.3, 0.4) is 0 Å². The summed E-state index contributed by atoms with van der Waals surface area (Å²) in [6.45, 7) is 0.423. The van der Waals surface area contributed by atoms with Crippen LogP contribution in [0.5, 0.6) is 0 Å². The van der Waals surface area contributed by atoms with Gasteiger partial charge in [-0.3, -0.25) is 0 Å². The van der Waals surface area contributed by atoms with Gasteiger partial charge in [-0.15, -0.1) is 0 Å². The van der Waals surface area contributed by atoms with Gasteiger partial charge in [0.25, 0.3) is 0 Å². The van der Waals surface area contributed by atoms with E-state index in [1.54, 1.807) is 7.11 Å². The fourth-order valence-corrected chi connectivity index (χ4v) is 1.92. The molecule has 2 nitrogen and oxygen atoms in total. The van der Waals surface area contributed by atoms with Gasteiger partial charge in [0, 0.05) is 26.5 Å². The van der Waals surface area contributed by atoms with E-state index in [0.29, 0.717) is 19.4 Å². The topological polar surface area (TPSA) is 35.2 Å². The Morgan fingerprint density at radius 3 is 2.38 bits per heavy atom. The van der Waals surface area contributed by atoms with Crippen LogP contribution in [0.25, 0.3) is 0 Å². The van der Waals surface area contributed by atoms with Crippen molar-refractivity contribution in [1.29, 1.82) is 0 Å². The Labute approximate surface area is 77.4 Å². The Kier molecular flexibility index (Phi) is 3.62. The summed E-state index contributed by atoms with van der Waals surface area (Å²) in [4.78, 5) is 0. The Morgan fingerprint density at radius 2 is 2.00 bits per heavy atom. The minimum absolute atomic E-state index is 0.0163. The van der Waals surface area contributed by atoms with E-state index in [2.05, 4.69) is 0 Å². The number of hydrogen-bond donors (Lipinski definition) is 1. The van der Waals surface area contributed by atoms with Gasteiger partial charge in [-0.2, -0.15) is 0 Å². The maximum absolute atomic E-state index is 12.8. The third-order valence-electron chi connectivity index (χ3n) is 2.82. The van der Waals surface area contributed by atoms with Crippen LogP contribution in [0.1, 0.15) is 25.7 Å². The Hall–Kier alpha value is -0.220. The summed E-state index contributed by atoms with van der Waals surface area (Å²) < 4.78 is 30.7. The molecule has 0 aromatic carbocycles. The molecule has 0 bridgehead atoms. The molecule has 1 rings (SSSR count). The standard InChI is InChI=1S/C9H17F2NO/c1-13-8(6-12)7-2-4-9(10,11)5-3-7/h7-8H,2-6,12H2,1H3. The van der Waals surface area contributed by atoms with Crippen molar-refractivity contribution in [3.63, 3.8) is 0 Å². The summed E-state index contributed by atoms with van der Waals surface area (Å²) >= 11 is 0. The largest absolute Gasteiger partial charge is 0.380 e. The lowest BCUT2D eigenvalue weighted by atomic mass is 9.83. The molecule has 0 saturated heterocycles. The quantitative estimate of drug-likeness (QED) is 0.741. The van der Waals surface area contributed by atoms with Crippen molar-refractivity contribution in [2.24, 2.45) is 11.7 Å². The summed E-state index contributed by atoms with van der Waals surface area (Å²) in [5.74, 6) is -2.24. The van der Waals surface area contributed by atoms with Crippen molar-refractivity contribution >= 4 is 0 Å². The first kappa shape index (κ1) is 10.9. The Bertz CT molecular complexity index is 150. The molecule has 1 aliphatic rings. The lowest BCUT2D eigenvalue weighted by molar-refractivity contribution is -0.0665. The molecule has 4 heteroatoms. The zero-order valence-electron chi connectivity index (χ0n) is 7.93. The monoisotopic (exact) mass is 193 g/mol. The number of halogens is 2. The van der Waals surface area contributed by atoms with Crippen molar-refractivity contribution in [1.82, 2.24) is 0 Å². The van der Waals surface area contributed by atoms with Crippen LogP contribution < -0.4 is 5.73 Å². The van der Waals surface area contributed by atoms with E-state index in [1.165, 1.54) is 0 Å². The van der Waals surface area contributed by atoms with E-state index in [0.717, 1.165) is 0 Å². The molecular formula is C9H17F2NO. The third kappa shape index (κ3) is 2.88. The average Bonchev–Trinajstić information content (AvgIpc) is 2.09. The SMILES string of the molecule is COC(CN)C1CCC(F)(F)CC1. The molecule has 0 aromatic rings. The highest BCUT2D eigenvalue weighted by Crippen LogP contribution is 2.37. The normalized spacial score (nSPS) is 25.8. The van der Waals surface area contributed by atoms with Crippen LogP contribution in [0.2, 0.25) is 0 Å². The molecule has 0 spiro atoms. The van der Waals surface area contributed by atoms with Gasteiger partial charge >= 0.3 is 0 Å². The number of methoxy groups -OCH3 is 1. The highest BCUT2D eigenvalue weighted by atomic mass is 19.3. The second-order valence-corrected chi connectivity index (χ2v) is 3.70. The van der Waals surface area contributed by atoms with Crippen LogP contribution in [0.15, 0.2) is 0 Å². The molecule has 0 aromatic heterocycles. The second-order valence-electron chi connectivity index (χ2n) is 3.70. The average molecular weight is 193 g/mol. The fourth-order valence-electron chi connectivity index (χ4n) is 1.92. The summed E-state index contributed by atoms with van der Waals surface area (Å²) in [6.07, 6.45) is 0.983. The van der Waals surface area contributed by atoms with E-state index in [9.17, 15) is 8.78 Å². The highest BCUT2D eigenvalue weighted by Gasteiger charge is 2.37. The van der Waals surface area contributed by atoms with Crippen LogP contribution in [0.4, 0.5) is 8.78 Å². The third-order valence-corrected chi connectivity index (χ3v) is 2.82. The first-order valence-electron chi connectivity index (χ1n) is 4.70. The van der Waals surface area contributed by atoms with Crippen molar-refractivity contribution in [2.45, 2.75) is 37.7 Å². The van der Waals surface area contributed by atoms with Crippen LogP contribution in [0, 0.1) is 5.92 Å². The van der Waals surface area contributed by atoms with Crippen LogP contribution in [-0.4, -0.2) is 25.7 Å². The lowest BCUT2D eigenvalue weighted by Crippen LogP contribution is -2.36. The molecule has 0 radical (unpaired) electrons. The summed E-state index contributed by atoms with van der Waals surface area (Å²) in [6, 6.07) is 0. The zero-order valence-corrected chi connectivity index (χ0v) is 7.93. The maximum atomic E-state index is 12.8. The second kappa shape index (κ2) is 4.33. The lowest BCUT2D eigenvalue weighted by Gasteiger charge is -2.32. The molecule has 1 atom stereocenters. The minimum Gasteiger partial charge on any atom is -0.380 e. The first-order valence-corrected chi connectivity index (χ1v) is 4.70.